The van der Waals surface area contributed by atoms with Gasteiger partial charge in [-0.3, -0.25) is 4.79 Å². The predicted molar refractivity (Wildman–Crippen MR) is 75.9 cm³/mol. The van der Waals surface area contributed by atoms with Gasteiger partial charge in [0, 0.05) is 12.6 Å². The Labute approximate surface area is 114 Å². The average molecular weight is 263 g/mol. The molecule has 0 heterocycles. The fourth-order valence-electron chi connectivity index (χ4n) is 1.61. The molecule has 0 atom stereocenters. The third-order valence-corrected chi connectivity index (χ3v) is 2.92. The van der Waals surface area contributed by atoms with Gasteiger partial charge in [-0.25, -0.2) is 0 Å². The molecule has 0 aromatic heterocycles. The summed E-state index contributed by atoms with van der Waals surface area (Å²) in [4.78, 5) is 12.0. The van der Waals surface area contributed by atoms with E-state index < -0.39 is 0 Å². The molecule has 1 aromatic carbocycles. The van der Waals surface area contributed by atoms with Crippen molar-refractivity contribution in [3.8, 4) is 11.5 Å². The molecule has 4 heteroatoms. The van der Waals surface area contributed by atoms with E-state index in [0.717, 1.165) is 18.4 Å². The van der Waals surface area contributed by atoms with E-state index in [9.17, 15) is 4.79 Å². The summed E-state index contributed by atoms with van der Waals surface area (Å²) in [5.41, 5.74) is 1.63. The second-order valence-electron chi connectivity index (χ2n) is 4.18. The van der Waals surface area contributed by atoms with Gasteiger partial charge in [-0.2, -0.15) is 0 Å². The summed E-state index contributed by atoms with van der Waals surface area (Å²) in [7, 11) is 3.11. The van der Waals surface area contributed by atoms with Gasteiger partial charge in [-0.1, -0.05) is 19.1 Å². The van der Waals surface area contributed by atoms with Crippen LogP contribution >= 0.6 is 0 Å². The average Bonchev–Trinajstić information content (AvgIpc) is 2.45. The van der Waals surface area contributed by atoms with E-state index in [1.807, 2.05) is 0 Å². The first-order valence-corrected chi connectivity index (χ1v) is 6.29. The Hall–Kier alpha value is -1.97. The van der Waals surface area contributed by atoms with Crippen LogP contribution < -0.4 is 14.8 Å². The van der Waals surface area contributed by atoms with Crippen LogP contribution in [0.4, 0.5) is 0 Å². The van der Waals surface area contributed by atoms with Crippen LogP contribution in [-0.4, -0.2) is 26.7 Å². The molecule has 0 spiro atoms. The molecule has 0 aliphatic heterocycles. The molecule has 0 fully saturated rings. The molecule has 1 aromatic rings. The van der Waals surface area contributed by atoms with E-state index in [0.29, 0.717) is 23.6 Å². The molecular weight excluding hydrogens is 242 g/mol. The monoisotopic (exact) mass is 263 g/mol. The largest absolute Gasteiger partial charge is 0.497 e. The second-order valence-corrected chi connectivity index (χ2v) is 4.18. The minimum atomic E-state index is -0.150. The van der Waals surface area contributed by atoms with Crippen molar-refractivity contribution in [1.82, 2.24) is 5.32 Å². The van der Waals surface area contributed by atoms with Crippen molar-refractivity contribution in [2.45, 2.75) is 19.8 Å². The summed E-state index contributed by atoms with van der Waals surface area (Å²) in [6, 6.07) is 5.13. The molecule has 0 aliphatic carbocycles. The SMILES string of the molecule is C=C(CC)CCNC(=O)c1ccc(OC)cc1OC. The lowest BCUT2D eigenvalue weighted by Gasteiger charge is -2.11. The first-order valence-electron chi connectivity index (χ1n) is 6.29. The van der Waals surface area contributed by atoms with Gasteiger partial charge in [-0.05, 0) is 25.0 Å². The van der Waals surface area contributed by atoms with E-state index in [-0.39, 0.29) is 5.91 Å². The van der Waals surface area contributed by atoms with Crippen molar-refractivity contribution >= 4 is 5.91 Å². The highest BCUT2D eigenvalue weighted by Crippen LogP contribution is 2.24. The summed E-state index contributed by atoms with van der Waals surface area (Å²) in [5, 5.41) is 2.86. The van der Waals surface area contributed by atoms with Crippen molar-refractivity contribution < 1.29 is 14.3 Å². The normalized spacial score (nSPS) is 9.84. The van der Waals surface area contributed by atoms with Crippen molar-refractivity contribution in [2.75, 3.05) is 20.8 Å². The van der Waals surface area contributed by atoms with Gasteiger partial charge in [0.05, 0.1) is 19.8 Å². The third kappa shape index (κ3) is 4.32. The van der Waals surface area contributed by atoms with E-state index in [1.165, 1.54) is 7.11 Å². The first-order chi connectivity index (χ1) is 9.12. The number of methoxy groups -OCH3 is 2. The summed E-state index contributed by atoms with van der Waals surface area (Å²) in [6.07, 6.45) is 1.72. The Morgan fingerprint density at radius 2 is 2.05 bits per heavy atom. The van der Waals surface area contributed by atoms with Crippen molar-refractivity contribution in [1.29, 1.82) is 0 Å². The maximum absolute atomic E-state index is 12.0. The van der Waals surface area contributed by atoms with Crippen LogP contribution in [0.5, 0.6) is 11.5 Å². The maximum Gasteiger partial charge on any atom is 0.255 e. The topological polar surface area (TPSA) is 47.6 Å². The van der Waals surface area contributed by atoms with Crippen molar-refractivity contribution in [3.63, 3.8) is 0 Å². The number of hydrogen-bond acceptors (Lipinski definition) is 3. The zero-order valence-corrected chi connectivity index (χ0v) is 11.8. The fraction of sp³-hybridized carbons (Fsp3) is 0.400. The van der Waals surface area contributed by atoms with E-state index in [2.05, 4.69) is 18.8 Å². The molecule has 0 aliphatic rings. The lowest BCUT2D eigenvalue weighted by atomic mass is 10.1. The molecule has 104 valence electrons. The van der Waals surface area contributed by atoms with E-state index in [1.54, 1.807) is 25.3 Å². The number of amides is 1. The smallest absolute Gasteiger partial charge is 0.255 e. The zero-order valence-electron chi connectivity index (χ0n) is 11.8. The number of hydrogen-bond donors (Lipinski definition) is 1. The second kappa shape index (κ2) is 7.46. The van der Waals surface area contributed by atoms with Gasteiger partial charge in [0.1, 0.15) is 11.5 Å². The molecule has 0 unspecified atom stereocenters. The highest BCUT2D eigenvalue weighted by Gasteiger charge is 2.12. The van der Waals surface area contributed by atoms with Gasteiger partial charge >= 0.3 is 0 Å². The van der Waals surface area contributed by atoms with E-state index >= 15 is 0 Å². The Balaban J connectivity index is 2.68. The standard InChI is InChI=1S/C15H21NO3/c1-5-11(2)8-9-16-15(17)13-7-6-12(18-3)10-14(13)19-4/h6-7,10H,2,5,8-9H2,1,3-4H3,(H,16,17). The van der Waals surface area contributed by atoms with Gasteiger partial charge in [0.15, 0.2) is 0 Å². The number of rotatable bonds is 7. The predicted octanol–water partition coefficient (Wildman–Crippen LogP) is 2.79. The molecule has 1 rings (SSSR count). The van der Waals surface area contributed by atoms with Gasteiger partial charge < -0.3 is 14.8 Å². The molecule has 1 N–H and O–H groups in total. The van der Waals surface area contributed by atoms with Crippen LogP contribution in [0.3, 0.4) is 0 Å². The molecule has 4 nitrogen and oxygen atoms in total. The molecule has 0 radical (unpaired) electrons. The molecule has 0 bridgehead atoms. The van der Waals surface area contributed by atoms with Gasteiger partial charge in [-0.15, -0.1) is 0 Å². The Kier molecular flexibility index (Phi) is 5.93. The lowest BCUT2D eigenvalue weighted by Crippen LogP contribution is -2.25. The fourth-order valence-corrected chi connectivity index (χ4v) is 1.61. The summed E-state index contributed by atoms with van der Waals surface area (Å²) in [5.74, 6) is 1.02. The molecule has 19 heavy (non-hydrogen) atoms. The van der Waals surface area contributed by atoms with Crippen LogP contribution in [0.2, 0.25) is 0 Å². The quantitative estimate of drug-likeness (QED) is 0.769. The summed E-state index contributed by atoms with van der Waals surface area (Å²) < 4.78 is 10.3. The molecule has 1 amide bonds. The highest BCUT2D eigenvalue weighted by molar-refractivity contribution is 5.97. The van der Waals surface area contributed by atoms with Crippen LogP contribution in [0.1, 0.15) is 30.1 Å². The zero-order chi connectivity index (χ0) is 14.3. The summed E-state index contributed by atoms with van der Waals surface area (Å²) in [6.45, 7) is 6.54. The minimum Gasteiger partial charge on any atom is -0.497 e. The number of carbonyl (C=O) groups is 1. The maximum atomic E-state index is 12.0. The number of carbonyl (C=O) groups excluding carboxylic acids is 1. The lowest BCUT2D eigenvalue weighted by molar-refractivity contribution is 0.0951. The molecule has 0 saturated carbocycles. The van der Waals surface area contributed by atoms with Gasteiger partial charge in [0.25, 0.3) is 5.91 Å². The first kappa shape index (κ1) is 15.1. The van der Waals surface area contributed by atoms with Crippen LogP contribution in [0.15, 0.2) is 30.4 Å². The highest BCUT2D eigenvalue weighted by atomic mass is 16.5. The van der Waals surface area contributed by atoms with Crippen molar-refractivity contribution in [2.24, 2.45) is 0 Å². The van der Waals surface area contributed by atoms with Crippen LogP contribution in [0.25, 0.3) is 0 Å². The van der Waals surface area contributed by atoms with Crippen LogP contribution in [-0.2, 0) is 0 Å². The van der Waals surface area contributed by atoms with Crippen molar-refractivity contribution in [3.05, 3.63) is 35.9 Å². The molecule has 0 saturated heterocycles. The van der Waals surface area contributed by atoms with Gasteiger partial charge in [0.2, 0.25) is 0 Å². The number of benzene rings is 1. The van der Waals surface area contributed by atoms with E-state index in [4.69, 9.17) is 9.47 Å². The molecular formula is C15H21NO3. The summed E-state index contributed by atoms with van der Waals surface area (Å²) >= 11 is 0. The Morgan fingerprint density at radius 1 is 1.32 bits per heavy atom. The minimum absolute atomic E-state index is 0.150. The Morgan fingerprint density at radius 3 is 2.63 bits per heavy atom. The van der Waals surface area contributed by atoms with Crippen LogP contribution in [0, 0.1) is 0 Å². The number of ether oxygens (including phenoxy) is 2. The Bertz CT molecular complexity index is 455. The number of nitrogens with one attached hydrogen (secondary N) is 1. The third-order valence-electron chi connectivity index (χ3n) is 2.92.